The maximum atomic E-state index is 11.3. The molecule has 4 nitrogen and oxygen atoms in total. The number of nitrogens with one attached hydrogen (secondary N) is 1. The lowest BCUT2D eigenvalue weighted by molar-refractivity contribution is -0.124. The molecule has 0 radical (unpaired) electrons. The number of carbonyl (C=O) groups is 1. The number of amides is 1. The molecule has 1 amide bonds. The summed E-state index contributed by atoms with van der Waals surface area (Å²) in [5.74, 6) is 0.152. The van der Waals surface area contributed by atoms with Crippen molar-refractivity contribution in [3.05, 3.63) is 18.0 Å². The summed E-state index contributed by atoms with van der Waals surface area (Å²) in [4.78, 5) is 11.3. The van der Waals surface area contributed by atoms with Gasteiger partial charge in [-0.1, -0.05) is 6.92 Å². The van der Waals surface area contributed by atoms with Crippen LogP contribution in [0.25, 0.3) is 0 Å². The summed E-state index contributed by atoms with van der Waals surface area (Å²) in [7, 11) is 1.84. The summed E-state index contributed by atoms with van der Waals surface area (Å²) in [5.41, 5.74) is 0.850. The lowest BCUT2D eigenvalue weighted by Crippen LogP contribution is -2.29. The molecule has 1 atom stereocenters. The minimum atomic E-state index is -0.152. The van der Waals surface area contributed by atoms with Crippen molar-refractivity contribution in [1.82, 2.24) is 15.1 Å². The second-order valence-electron chi connectivity index (χ2n) is 3.25. The minimum Gasteiger partial charge on any atom is -0.350 e. The number of nitrogens with zero attached hydrogens (tertiary/aromatic N) is 2. The average molecular weight is 216 g/mol. The highest BCUT2D eigenvalue weighted by atomic mass is 35.5. The molecule has 0 saturated carbocycles. The molecule has 0 bridgehead atoms. The summed E-state index contributed by atoms with van der Waals surface area (Å²) in [5, 5.41) is 6.90. The predicted molar refractivity (Wildman–Crippen MR) is 54.9 cm³/mol. The van der Waals surface area contributed by atoms with E-state index in [1.54, 1.807) is 11.6 Å². The fraction of sp³-hybridized carbons (Fsp3) is 0.556. The van der Waals surface area contributed by atoms with Crippen LogP contribution in [0.15, 0.2) is 12.3 Å². The smallest absolute Gasteiger partial charge is 0.224 e. The number of hydrogen-bond donors (Lipinski definition) is 1. The Bertz CT molecular complexity index is 311. The van der Waals surface area contributed by atoms with Crippen molar-refractivity contribution in [2.24, 2.45) is 13.0 Å². The Labute approximate surface area is 88.2 Å². The van der Waals surface area contributed by atoms with Crippen molar-refractivity contribution >= 4 is 17.5 Å². The normalized spacial score (nSPS) is 12.5. The number of carbonyl (C=O) groups excluding carboxylic acids is 1. The van der Waals surface area contributed by atoms with E-state index in [9.17, 15) is 4.79 Å². The van der Waals surface area contributed by atoms with Gasteiger partial charge < -0.3 is 5.32 Å². The maximum absolute atomic E-state index is 11.3. The van der Waals surface area contributed by atoms with Crippen LogP contribution in [0.4, 0.5) is 0 Å². The van der Waals surface area contributed by atoms with E-state index >= 15 is 0 Å². The Morgan fingerprint density at radius 3 is 3.00 bits per heavy atom. The molecule has 0 aliphatic heterocycles. The van der Waals surface area contributed by atoms with Crippen molar-refractivity contribution < 1.29 is 4.79 Å². The van der Waals surface area contributed by atoms with Crippen LogP contribution in [0.3, 0.4) is 0 Å². The van der Waals surface area contributed by atoms with Crippen molar-refractivity contribution in [3.8, 4) is 0 Å². The van der Waals surface area contributed by atoms with Gasteiger partial charge in [-0.05, 0) is 6.07 Å². The van der Waals surface area contributed by atoms with Crippen molar-refractivity contribution in [1.29, 1.82) is 0 Å². The topological polar surface area (TPSA) is 46.9 Å². The first-order valence-corrected chi connectivity index (χ1v) is 4.99. The second kappa shape index (κ2) is 5.00. The Morgan fingerprint density at radius 1 is 1.79 bits per heavy atom. The van der Waals surface area contributed by atoms with Crippen molar-refractivity contribution in [2.75, 3.05) is 5.88 Å². The van der Waals surface area contributed by atoms with Crippen molar-refractivity contribution in [3.63, 3.8) is 0 Å². The average Bonchev–Trinajstić information content (AvgIpc) is 2.59. The quantitative estimate of drug-likeness (QED) is 0.759. The molecular weight excluding hydrogens is 202 g/mol. The number of rotatable bonds is 4. The molecule has 1 unspecified atom stereocenters. The van der Waals surface area contributed by atoms with E-state index < -0.39 is 0 Å². The zero-order valence-electron chi connectivity index (χ0n) is 8.33. The molecule has 14 heavy (non-hydrogen) atoms. The van der Waals surface area contributed by atoms with Gasteiger partial charge in [0.25, 0.3) is 0 Å². The number of aromatic nitrogens is 2. The fourth-order valence-corrected chi connectivity index (χ4v) is 1.12. The van der Waals surface area contributed by atoms with E-state index in [0.717, 1.165) is 5.69 Å². The molecule has 1 N–H and O–H groups in total. The molecule has 1 heterocycles. The standard InChI is InChI=1S/C9H14ClN3O/c1-7(5-10)9(14)11-6-8-3-4-13(2)12-8/h3-4,7H,5-6H2,1-2H3,(H,11,14). The van der Waals surface area contributed by atoms with Crippen LogP contribution in [-0.4, -0.2) is 21.6 Å². The van der Waals surface area contributed by atoms with Crippen molar-refractivity contribution in [2.45, 2.75) is 13.5 Å². The minimum absolute atomic E-state index is 0.0364. The zero-order valence-corrected chi connectivity index (χ0v) is 9.08. The Morgan fingerprint density at radius 2 is 2.50 bits per heavy atom. The number of halogens is 1. The van der Waals surface area contributed by atoms with Crippen LogP contribution in [0.2, 0.25) is 0 Å². The lowest BCUT2D eigenvalue weighted by Gasteiger charge is -2.07. The summed E-state index contributed by atoms with van der Waals surface area (Å²) in [6.07, 6.45) is 1.84. The monoisotopic (exact) mass is 215 g/mol. The largest absolute Gasteiger partial charge is 0.350 e. The number of hydrogen-bond acceptors (Lipinski definition) is 2. The molecule has 0 saturated heterocycles. The van der Waals surface area contributed by atoms with Gasteiger partial charge in [0.1, 0.15) is 0 Å². The fourth-order valence-electron chi connectivity index (χ4n) is 0.979. The Hall–Kier alpha value is -1.03. The zero-order chi connectivity index (χ0) is 10.6. The Balaban J connectivity index is 2.37. The highest BCUT2D eigenvalue weighted by Crippen LogP contribution is 1.99. The molecule has 1 aromatic rings. The van der Waals surface area contributed by atoms with E-state index in [2.05, 4.69) is 10.4 Å². The van der Waals surface area contributed by atoms with Crippen LogP contribution in [0, 0.1) is 5.92 Å². The van der Waals surface area contributed by atoms with Gasteiger partial charge in [-0.25, -0.2) is 0 Å². The maximum Gasteiger partial charge on any atom is 0.224 e. The summed E-state index contributed by atoms with van der Waals surface area (Å²) < 4.78 is 1.70. The predicted octanol–water partition coefficient (Wildman–Crippen LogP) is 0.911. The summed E-state index contributed by atoms with van der Waals surface area (Å²) in [6, 6.07) is 1.87. The lowest BCUT2D eigenvalue weighted by atomic mass is 10.2. The molecule has 1 aromatic heterocycles. The summed E-state index contributed by atoms with van der Waals surface area (Å²) >= 11 is 5.55. The van der Waals surface area contributed by atoms with Crippen LogP contribution < -0.4 is 5.32 Å². The third kappa shape index (κ3) is 3.03. The third-order valence-electron chi connectivity index (χ3n) is 1.89. The van der Waals surface area contributed by atoms with Crippen LogP contribution in [0.1, 0.15) is 12.6 Å². The van der Waals surface area contributed by atoms with Gasteiger partial charge in [-0.3, -0.25) is 9.48 Å². The van der Waals surface area contributed by atoms with Gasteiger partial charge in [0.15, 0.2) is 0 Å². The molecule has 1 rings (SSSR count). The van der Waals surface area contributed by atoms with E-state index in [4.69, 9.17) is 11.6 Å². The van der Waals surface area contributed by atoms with E-state index in [-0.39, 0.29) is 11.8 Å². The molecule has 0 spiro atoms. The van der Waals surface area contributed by atoms with Gasteiger partial charge >= 0.3 is 0 Å². The van der Waals surface area contributed by atoms with E-state index in [1.165, 1.54) is 0 Å². The molecule has 0 aliphatic rings. The number of alkyl halides is 1. The van der Waals surface area contributed by atoms with Gasteiger partial charge in [0, 0.05) is 25.0 Å². The van der Waals surface area contributed by atoms with Gasteiger partial charge in [-0.15, -0.1) is 11.6 Å². The molecular formula is C9H14ClN3O. The van der Waals surface area contributed by atoms with Crippen LogP contribution in [-0.2, 0) is 18.4 Å². The molecule has 78 valence electrons. The SMILES string of the molecule is CC(CCl)C(=O)NCc1ccn(C)n1. The third-order valence-corrected chi connectivity index (χ3v) is 2.35. The first kappa shape index (κ1) is 11.0. The molecule has 5 heteroatoms. The van der Waals surface area contributed by atoms with Crippen LogP contribution >= 0.6 is 11.6 Å². The second-order valence-corrected chi connectivity index (χ2v) is 3.56. The van der Waals surface area contributed by atoms with Crippen LogP contribution in [0.5, 0.6) is 0 Å². The van der Waals surface area contributed by atoms with Gasteiger partial charge in [0.05, 0.1) is 12.2 Å². The number of aryl methyl sites for hydroxylation is 1. The van der Waals surface area contributed by atoms with E-state index in [0.29, 0.717) is 12.4 Å². The van der Waals surface area contributed by atoms with E-state index in [1.807, 2.05) is 19.3 Å². The first-order chi connectivity index (χ1) is 6.63. The summed E-state index contributed by atoms with van der Waals surface area (Å²) in [6.45, 7) is 2.25. The highest BCUT2D eigenvalue weighted by Gasteiger charge is 2.10. The molecule has 0 aliphatic carbocycles. The molecule has 0 aromatic carbocycles. The highest BCUT2D eigenvalue weighted by molar-refractivity contribution is 6.19. The Kier molecular flexibility index (Phi) is 3.95. The first-order valence-electron chi connectivity index (χ1n) is 4.45. The molecule has 0 fully saturated rings. The van der Waals surface area contributed by atoms with Gasteiger partial charge in [0.2, 0.25) is 5.91 Å². The van der Waals surface area contributed by atoms with Gasteiger partial charge in [-0.2, -0.15) is 5.10 Å².